The summed E-state index contributed by atoms with van der Waals surface area (Å²) in [6.07, 6.45) is 1.71. The molecule has 1 aliphatic heterocycles. The molecule has 2 rings (SSSR count). The molecule has 5 nitrogen and oxygen atoms in total. The van der Waals surface area contributed by atoms with Crippen molar-refractivity contribution in [3.05, 3.63) is 18.0 Å². The van der Waals surface area contributed by atoms with Gasteiger partial charge in [-0.15, -0.1) is 0 Å². The summed E-state index contributed by atoms with van der Waals surface area (Å²) in [5.74, 6) is 0.726. The minimum Gasteiger partial charge on any atom is -0.388 e. The number of rotatable bonds is 3. The Hall–Kier alpha value is -1.27. The molecule has 0 aliphatic carbocycles. The van der Waals surface area contributed by atoms with E-state index >= 15 is 0 Å². The lowest BCUT2D eigenvalue weighted by atomic mass is 10.2. The average Bonchev–Trinajstić information content (AvgIpc) is 2.39. The predicted molar refractivity (Wildman–Crippen MR) is 76.8 cm³/mol. The second kappa shape index (κ2) is 5.58. The van der Waals surface area contributed by atoms with Crippen molar-refractivity contribution >= 4 is 23.2 Å². The molecule has 1 saturated heterocycles. The van der Waals surface area contributed by atoms with Crippen LogP contribution in [0.5, 0.6) is 0 Å². The Morgan fingerprint density at radius 3 is 2.56 bits per heavy atom. The van der Waals surface area contributed by atoms with Crippen molar-refractivity contribution in [3.8, 4) is 0 Å². The topological polar surface area (TPSA) is 58.3 Å². The van der Waals surface area contributed by atoms with Crippen molar-refractivity contribution in [1.82, 2.24) is 14.9 Å². The molecular weight excluding hydrogens is 246 g/mol. The average molecular weight is 265 g/mol. The molecule has 0 atom stereocenters. The van der Waals surface area contributed by atoms with Gasteiger partial charge < -0.3 is 10.6 Å². The van der Waals surface area contributed by atoms with Crippen LogP contribution in [0.3, 0.4) is 0 Å². The lowest BCUT2D eigenvalue weighted by Gasteiger charge is -2.36. The second-order valence-electron chi connectivity index (χ2n) is 4.72. The van der Waals surface area contributed by atoms with E-state index in [-0.39, 0.29) is 0 Å². The van der Waals surface area contributed by atoms with Crippen molar-refractivity contribution in [2.24, 2.45) is 5.73 Å². The number of thiocarbonyl (C=S) groups is 1. The zero-order chi connectivity index (χ0) is 13.1. The van der Waals surface area contributed by atoms with E-state index in [1.54, 1.807) is 12.3 Å². The fourth-order valence-electron chi connectivity index (χ4n) is 2.08. The summed E-state index contributed by atoms with van der Waals surface area (Å²) in [7, 11) is 0. The van der Waals surface area contributed by atoms with Crippen LogP contribution in [0.2, 0.25) is 0 Å². The van der Waals surface area contributed by atoms with Gasteiger partial charge in [-0.05, 0) is 19.9 Å². The molecule has 18 heavy (non-hydrogen) atoms. The van der Waals surface area contributed by atoms with Gasteiger partial charge in [0.25, 0.3) is 0 Å². The molecule has 0 spiro atoms. The summed E-state index contributed by atoms with van der Waals surface area (Å²) in [5, 5.41) is 0. The van der Waals surface area contributed by atoms with Gasteiger partial charge in [-0.1, -0.05) is 12.2 Å². The zero-order valence-electron chi connectivity index (χ0n) is 10.8. The highest BCUT2D eigenvalue weighted by Gasteiger charge is 2.20. The van der Waals surface area contributed by atoms with Gasteiger partial charge in [0, 0.05) is 38.4 Å². The summed E-state index contributed by atoms with van der Waals surface area (Å²) in [6.45, 7) is 8.41. The maximum Gasteiger partial charge on any atom is 0.226 e. The Morgan fingerprint density at radius 2 is 2.00 bits per heavy atom. The summed E-state index contributed by atoms with van der Waals surface area (Å²) in [5.41, 5.74) is 6.23. The van der Waals surface area contributed by atoms with E-state index in [4.69, 9.17) is 18.0 Å². The third-order valence-corrected chi connectivity index (χ3v) is 3.43. The first kappa shape index (κ1) is 13.2. The van der Waals surface area contributed by atoms with Crippen LogP contribution >= 0.6 is 12.2 Å². The highest BCUT2D eigenvalue weighted by atomic mass is 32.1. The SMILES string of the molecule is CC(C)N1CCN(c2nccc(C(N)=S)n2)CC1. The normalized spacial score (nSPS) is 17.2. The summed E-state index contributed by atoms with van der Waals surface area (Å²) >= 11 is 4.94. The first-order chi connectivity index (χ1) is 8.58. The molecule has 1 aromatic rings. The molecule has 0 unspecified atom stereocenters. The van der Waals surface area contributed by atoms with Gasteiger partial charge in [0.15, 0.2) is 0 Å². The van der Waals surface area contributed by atoms with Gasteiger partial charge in [0.2, 0.25) is 5.95 Å². The molecule has 2 heterocycles. The molecule has 6 heteroatoms. The minimum absolute atomic E-state index is 0.319. The molecule has 1 aromatic heterocycles. The summed E-state index contributed by atoms with van der Waals surface area (Å²) < 4.78 is 0. The summed E-state index contributed by atoms with van der Waals surface area (Å²) in [4.78, 5) is 13.6. The number of nitrogens with two attached hydrogens (primary N) is 1. The van der Waals surface area contributed by atoms with Crippen LogP contribution in [0.25, 0.3) is 0 Å². The van der Waals surface area contributed by atoms with Gasteiger partial charge in [-0.2, -0.15) is 0 Å². The highest BCUT2D eigenvalue weighted by Crippen LogP contribution is 2.12. The van der Waals surface area contributed by atoms with Crippen LogP contribution in [0.1, 0.15) is 19.5 Å². The van der Waals surface area contributed by atoms with E-state index in [1.807, 2.05) is 0 Å². The Morgan fingerprint density at radius 1 is 1.33 bits per heavy atom. The molecule has 98 valence electrons. The largest absolute Gasteiger partial charge is 0.388 e. The zero-order valence-corrected chi connectivity index (χ0v) is 11.7. The number of nitrogens with zero attached hydrogens (tertiary/aromatic N) is 4. The molecule has 0 saturated carbocycles. The minimum atomic E-state index is 0.319. The van der Waals surface area contributed by atoms with Gasteiger partial charge in [0.05, 0.1) is 0 Å². The fourth-order valence-corrected chi connectivity index (χ4v) is 2.19. The number of anilines is 1. The maximum absolute atomic E-state index is 5.59. The van der Waals surface area contributed by atoms with E-state index in [0.29, 0.717) is 16.7 Å². The number of hydrogen-bond donors (Lipinski definition) is 1. The lowest BCUT2D eigenvalue weighted by Crippen LogP contribution is -2.49. The molecule has 0 bridgehead atoms. The van der Waals surface area contributed by atoms with E-state index in [2.05, 4.69) is 33.6 Å². The van der Waals surface area contributed by atoms with E-state index in [9.17, 15) is 0 Å². The van der Waals surface area contributed by atoms with Crippen molar-refractivity contribution < 1.29 is 0 Å². The van der Waals surface area contributed by atoms with Crippen LogP contribution in [0.15, 0.2) is 12.3 Å². The lowest BCUT2D eigenvalue weighted by molar-refractivity contribution is 0.208. The van der Waals surface area contributed by atoms with E-state index in [1.165, 1.54) is 0 Å². The van der Waals surface area contributed by atoms with Crippen LogP contribution < -0.4 is 10.6 Å². The van der Waals surface area contributed by atoms with Crippen LogP contribution in [-0.4, -0.2) is 52.1 Å². The number of aromatic nitrogens is 2. The quantitative estimate of drug-likeness (QED) is 0.810. The Balaban J connectivity index is 2.05. The van der Waals surface area contributed by atoms with Crippen molar-refractivity contribution in [3.63, 3.8) is 0 Å². The van der Waals surface area contributed by atoms with E-state index in [0.717, 1.165) is 32.1 Å². The van der Waals surface area contributed by atoms with Crippen molar-refractivity contribution in [1.29, 1.82) is 0 Å². The Labute approximate surface area is 113 Å². The Kier molecular flexibility index (Phi) is 4.08. The number of hydrogen-bond acceptors (Lipinski definition) is 5. The molecule has 0 aromatic carbocycles. The molecule has 1 aliphatic rings. The molecular formula is C12H19N5S. The highest BCUT2D eigenvalue weighted by molar-refractivity contribution is 7.80. The number of piperazine rings is 1. The third kappa shape index (κ3) is 2.94. The smallest absolute Gasteiger partial charge is 0.226 e. The van der Waals surface area contributed by atoms with Gasteiger partial charge in [-0.25, -0.2) is 9.97 Å². The second-order valence-corrected chi connectivity index (χ2v) is 5.16. The maximum atomic E-state index is 5.59. The molecule has 0 radical (unpaired) electrons. The molecule has 0 amide bonds. The van der Waals surface area contributed by atoms with Gasteiger partial charge in [-0.3, -0.25) is 4.90 Å². The Bertz CT molecular complexity index is 426. The third-order valence-electron chi connectivity index (χ3n) is 3.22. The van der Waals surface area contributed by atoms with E-state index < -0.39 is 0 Å². The van der Waals surface area contributed by atoms with Crippen molar-refractivity contribution in [2.75, 3.05) is 31.1 Å². The first-order valence-electron chi connectivity index (χ1n) is 6.20. The van der Waals surface area contributed by atoms with Gasteiger partial charge in [0.1, 0.15) is 10.7 Å². The monoisotopic (exact) mass is 265 g/mol. The predicted octanol–water partition coefficient (Wildman–Crippen LogP) is 0.641. The molecule has 1 fully saturated rings. The van der Waals surface area contributed by atoms with Crippen LogP contribution in [-0.2, 0) is 0 Å². The van der Waals surface area contributed by atoms with Crippen LogP contribution in [0.4, 0.5) is 5.95 Å². The fraction of sp³-hybridized carbons (Fsp3) is 0.583. The van der Waals surface area contributed by atoms with Crippen LogP contribution in [0, 0.1) is 0 Å². The standard InChI is InChI=1S/C12H19N5S/c1-9(2)16-5-7-17(8-6-16)12-14-4-3-10(15-12)11(13)18/h3-4,9H,5-8H2,1-2H3,(H2,13,18). The summed E-state index contributed by atoms with van der Waals surface area (Å²) in [6, 6.07) is 2.34. The van der Waals surface area contributed by atoms with Crippen molar-refractivity contribution in [2.45, 2.75) is 19.9 Å². The molecule has 2 N–H and O–H groups in total. The van der Waals surface area contributed by atoms with Gasteiger partial charge >= 0.3 is 0 Å². The first-order valence-corrected chi connectivity index (χ1v) is 6.60.